The highest BCUT2D eigenvalue weighted by Crippen LogP contribution is 2.06. The number of nitrogens with one attached hydrogen (secondary N) is 2. The number of allylic oxidation sites excluding steroid dienone is 2. The Labute approximate surface area is 103 Å². The summed E-state index contributed by atoms with van der Waals surface area (Å²) in [5, 5.41) is 5.20. The minimum absolute atomic E-state index is 0.128. The van der Waals surface area contributed by atoms with Gasteiger partial charge in [-0.25, -0.2) is 4.79 Å². The summed E-state index contributed by atoms with van der Waals surface area (Å²) in [6.07, 6.45) is 1.52. The van der Waals surface area contributed by atoms with Gasteiger partial charge in [-0.2, -0.15) is 0 Å². The fraction of sp³-hybridized carbons (Fsp3) is 0.667. The van der Waals surface area contributed by atoms with E-state index in [1.54, 1.807) is 33.8 Å². The van der Waals surface area contributed by atoms with Crippen molar-refractivity contribution in [3.05, 3.63) is 11.8 Å². The molecule has 0 heterocycles. The van der Waals surface area contributed by atoms with E-state index in [4.69, 9.17) is 4.74 Å². The summed E-state index contributed by atoms with van der Waals surface area (Å²) in [6.45, 7) is 9.27. The molecule has 0 saturated carbocycles. The van der Waals surface area contributed by atoms with Gasteiger partial charge in [0.15, 0.2) is 0 Å². The topological polar surface area (TPSA) is 67.4 Å². The number of ether oxygens (including phenoxy) is 1. The van der Waals surface area contributed by atoms with E-state index in [2.05, 4.69) is 10.6 Å². The largest absolute Gasteiger partial charge is 0.444 e. The average Bonchev–Trinajstić information content (AvgIpc) is 2.14. The lowest BCUT2D eigenvalue weighted by Gasteiger charge is -2.19. The third-order valence-electron chi connectivity index (χ3n) is 1.79. The zero-order valence-corrected chi connectivity index (χ0v) is 11.2. The summed E-state index contributed by atoms with van der Waals surface area (Å²) in [6, 6.07) is 0. The van der Waals surface area contributed by atoms with Crippen molar-refractivity contribution in [1.29, 1.82) is 0 Å². The first kappa shape index (κ1) is 15.5. The van der Waals surface area contributed by atoms with Crippen LogP contribution in [-0.2, 0) is 9.53 Å². The molecule has 2 amide bonds. The molecule has 0 aromatic heterocycles. The Morgan fingerprint density at radius 2 is 1.88 bits per heavy atom. The Kier molecular flexibility index (Phi) is 6.31. The van der Waals surface area contributed by atoms with E-state index in [0.29, 0.717) is 0 Å². The number of amides is 2. The summed E-state index contributed by atoms with van der Waals surface area (Å²) < 4.78 is 5.03. The number of alkyl carbamates (subject to hydrolysis) is 1. The van der Waals surface area contributed by atoms with Crippen LogP contribution in [0.1, 0.15) is 41.0 Å². The highest BCUT2D eigenvalue weighted by atomic mass is 16.6. The molecular weight excluding hydrogens is 220 g/mol. The summed E-state index contributed by atoms with van der Waals surface area (Å²) in [5.41, 5.74) is 0.278. The van der Waals surface area contributed by atoms with Crippen LogP contribution in [0.3, 0.4) is 0 Å². The van der Waals surface area contributed by atoms with Crippen LogP contribution in [-0.4, -0.2) is 24.1 Å². The van der Waals surface area contributed by atoms with E-state index in [-0.39, 0.29) is 18.9 Å². The molecule has 0 aromatic rings. The molecule has 2 N–H and O–H groups in total. The van der Waals surface area contributed by atoms with Gasteiger partial charge in [-0.05, 0) is 34.6 Å². The molecule has 0 aliphatic carbocycles. The van der Waals surface area contributed by atoms with Crippen molar-refractivity contribution in [3.63, 3.8) is 0 Å². The summed E-state index contributed by atoms with van der Waals surface area (Å²) >= 11 is 0. The van der Waals surface area contributed by atoms with Gasteiger partial charge in [-0.15, -0.1) is 0 Å². The van der Waals surface area contributed by atoms with Crippen LogP contribution in [0, 0.1) is 0 Å². The molecule has 0 aromatic carbocycles. The maximum Gasteiger partial charge on any atom is 0.407 e. The Hall–Kier alpha value is -1.52. The molecule has 0 aliphatic heterocycles. The van der Waals surface area contributed by atoms with Crippen LogP contribution in [0.25, 0.3) is 0 Å². The molecule has 0 bridgehead atoms. The van der Waals surface area contributed by atoms with Crippen molar-refractivity contribution in [2.24, 2.45) is 0 Å². The van der Waals surface area contributed by atoms with E-state index in [0.717, 1.165) is 5.70 Å². The lowest BCUT2D eigenvalue weighted by atomic mass is 10.2. The SMILES string of the molecule is CC=C(C)NC(=O)CCNC(=O)OC(C)(C)C. The lowest BCUT2D eigenvalue weighted by Crippen LogP contribution is -2.34. The van der Waals surface area contributed by atoms with E-state index in [1.807, 2.05) is 6.92 Å². The third kappa shape index (κ3) is 9.41. The van der Waals surface area contributed by atoms with Crippen LogP contribution in [0.2, 0.25) is 0 Å². The second-order valence-electron chi connectivity index (χ2n) is 4.70. The first-order chi connectivity index (χ1) is 7.74. The molecule has 0 atom stereocenters. The first-order valence-electron chi connectivity index (χ1n) is 5.64. The van der Waals surface area contributed by atoms with Gasteiger partial charge in [0.25, 0.3) is 0 Å². The van der Waals surface area contributed by atoms with Crippen LogP contribution >= 0.6 is 0 Å². The minimum Gasteiger partial charge on any atom is -0.444 e. The van der Waals surface area contributed by atoms with Crippen LogP contribution in [0.5, 0.6) is 0 Å². The molecule has 0 unspecified atom stereocenters. The molecule has 17 heavy (non-hydrogen) atoms. The molecule has 0 rings (SSSR count). The lowest BCUT2D eigenvalue weighted by molar-refractivity contribution is -0.120. The van der Waals surface area contributed by atoms with Gasteiger partial charge >= 0.3 is 6.09 Å². The molecule has 5 heteroatoms. The van der Waals surface area contributed by atoms with E-state index in [9.17, 15) is 9.59 Å². The predicted molar refractivity (Wildman–Crippen MR) is 66.4 cm³/mol. The van der Waals surface area contributed by atoms with E-state index < -0.39 is 11.7 Å². The van der Waals surface area contributed by atoms with Gasteiger partial charge in [0, 0.05) is 18.7 Å². The molecule has 0 saturated heterocycles. The van der Waals surface area contributed by atoms with Crippen LogP contribution in [0.4, 0.5) is 4.79 Å². The maximum atomic E-state index is 11.3. The second kappa shape index (κ2) is 6.93. The van der Waals surface area contributed by atoms with Gasteiger partial charge < -0.3 is 15.4 Å². The first-order valence-corrected chi connectivity index (χ1v) is 5.64. The number of rotatable bonds is 4. The number of hydrogen-bond acceptors (Lipinski definition) is 3. The van der Waals surface area contributed by atoms with Gasteiger partial charge in [0.2, 0.25) is 5.91 Å². The fourth-order valence-corrected chi connectivity index (χ4v) is 0.947. The highest BCUT2D eigenvalue weighted by molar-refractivity contribution is 5.78. The van der Waals surface area contributed by atoms with Crippen LogP contribution < -0.4 is 10.6 Å². The molecular formula is C12H22N2O3. The maximum absolute atomic E-state index is 11.3. The third-order valence-corrected chi connectivity index (χ3v) is 1.79. The second-order valence-corrected chi connectivity index (χ2v) is 4.70. The normalized spacial score (nSPS) is 11.9. The van der Waals surface area contributed by atoms with Crippen molar-refractivity contribution < 1.29 is 14.3 Å². The minimum atomic E-state index is -0.520. The zero-order valence-electron chi connectivity index (χ0n) is 11.2. The number of hydrogen-bond donors (Lipinski definition) is 2. The Bertz CT molecular complexity index is 303. The van der Waals surface area contributed by atoms with E-state index in [1.165, 1.54) is 0 Å². The van der Waals surface area contributed by atoms with Crippen molar-refractivity contribution in [2.45, 2.75) is 46.6 Å². The molecule has 0 fully saturated rings. The standard InChI is InChI=1S/C12H22N2O3/c1-6-9(2)14-10(15)7-8-13-11(16)17-12(3,4)5/h6H,7-8H2,1-5H3,(H,13,16)(H,14,15). The van der Waals surface area contributed by atoms with Gasteiger partial charge in [0.05, 0.1) is 0 Å². The molecule has 5 nitrogen and oxygen atoms in total. The predicted octanol–water partition coefficient (Wildman–Crippen LogP) is 1.94. The summed E-state index contributed by atoms with van der Waals surface area (Å²) in [4.78, 5) is 22.6. The Morgan fingerprint density at radius 1 is 1.29 bits per heavy atom. The average molecular weight is 242 g/mol. The monoisotopic (exact) mass is 242 g/mol. The van der Waals surface area contributed by atoms with Crippen molar-refractivity contribution in [2.75, 3.05) is 6.54 Å². The van der Waals surface area contributed by atoms with Gasteiger partial charge in [-0.1, -0.05) is 6.08 Å². The summed E-state index contributed by atoms with van der Waals surface area (Å²) in [7, 11) is 0. The molecule has 0 aliphatic rings. The zero-order chi connectivity index (χ0) is 13.5. The van der Waals surface area contributed by atoms with Crippen molar-refractivity contribution in [1.82, 2.24) is 10.6 Å². The quantitative estimate of drug-likeness (QED) is 0.791. The van der Waals surface area contributed by atoms with Gasteiger partial charge in [-0.3, -0.25) is 4.79 Å². The van der Waals surface area contributed by atoms with Crippen molar-refractivity contribution in [3.8, 4) is 0 Å². The Balaban J connectivity index is 3.78. The smallest absolute Gasteiger partial charge is 0.407 e. The molecule has 98 valence electrons. The van der Waals surface area contributed by atoms with Gasteiger partial charge in [0.1, 0.15) is 5.60 Å². The van der Waals surface area contributed by atoms with Crippen molar-refractivity contribution >= 4 is 12.0 Å². The highest BCUT2D eigenvalue weighted by Gasteiger charge is 2.15. The molecule has 0 spiro atoms. The van der Waals surface area contributed by atoms with E-state index >= 15 is 0 Å². The van der Waals surface area contributed by atoms with Crippen LogP contribution in [0.15, 0.2) is 11.8 Å². The molecule has 0 radical (unpaired) electrons. The fourth-order valence-electron chi connectivity index (χ4n) is 0.947. The summed E-state index contributed by atoms with van der Waals surface area (Å²) in [5.74, 6) is -0.128. The number of carbonyl (C=O) groups excluding carboxylic acids is 2. The number of carbonyl (C=O) groups is 2. The Morgan fingerprint density at radius 3 is 2.35 bits per heavy atom.